The van der Waals surface area contributed by atoms with Crippen molar-refractivity contribution in [3.05, 3.63) is 66.1 Å². The average Bonchev–Trinajstić information content (AvgIpc) is 3.12. The van der Waals surface area contributed by atoms with Gasteiger partial charge in [-0.25, -0.2) is 0 Å². The number of rotatable bonds is 3. The second-order valence-electron chi connectivity index (χ2n) is 7.80. The molecule has 0 N–H and O–H groups in total. The van der Waals surface area contributed by atoms with Gasteiger partial charge in [0.05, 0.1) is 17.8 Å². The molecule has 31 heavy (non-hydrogen) atoms. The fraction of sp³-hybridized carbons (Fsp3) is 0.269. The number of nitrogens with zero attached hydrogens (tertiary/aromatic N) is 1. The van der Waals surface area contributed by atoms with Crippen molar-refractivity contribution in [3.63, 3.8) is 0 Å². The number of hydrogen-bond acceptors (Lipinski definition) is 4. The van der Waals surface area contributed by atoms with Gasteiger partial charge in [-0.15, -0.1) is 18.2 Å². The molecule has 0 unspecified atom stereocenters. The van der Waals surface area contributed by atoms with E-state index in [9.17, 15) is 9.59 Å². The molecule has 0 amide bonds. The first-order chi connectivity index (χ1) is 14.5. The number of furan rings is 1. The molecular weight excluding hydrogens is 567 g/mol. The summed E-state index contributed by atoms with van der Waals surface area (Å²) in [6.07, 6.45) is 6.66. The molecule has 0 saturated carbocycles. The molecule has 0 saturated heterocycles. The van der Waals surface area contributed by atoms with Crippen molar-refractivity contribution in [2.75, 3.05) is 0 Å². The molecule has 0 atom stereocenters. The van der Waals surface area contributed by atoms with Crippen LogP contribution in [0.1, 0.15) is 44.4 Å². The van der Waals surface area contributed by atoms with Crippen molar-refractivity contribution < 1.29 is 34.1 Å². The van der Waals surface area contributed by atoms with Crippen LogP contribution >= 0.6 is 0 Å². The molecule has 2 aromatic carbocycles. The van der Waals surface area contributed by atoms with E-state index in [0.29, 0.717) is 0 Å². The normalized spacial score (nSPS) is 12.5. The number of fused-ring (bicyclic) bond motifs is 4. The Morgan fingerprint density at radius 2 is 1.74 bits per heavy atom. The van der Waals surface area contributed by atoms with Crippen LogP contribution in [-0.4, -0.2) is 16.6 Å². The first-order valence-electron chi connectivity index (χ1n) is 10.3. The van der Waals surface area contributed by atoms with E-state index in [4.69, 9.17) is 4.42 Å². The van der Waals surface area contributed by atoms with Gasteiger partial charge in [0.25, 0.3) is 0 Å². The quantitative estimate of drug-likeness (QED) is 0.221. The van der Waals surface area contributed by atoms with Gasteiger partial charge in [-0.2, -0.15) is 0 Å². The fourth-order valence-electron chi connectivity index (χ4n) is 3.99. The predicted molar refractivity (Wildman–Crippen MR) is 118 cm³/mol. The Morgan fingerprint density at radius 3 is 2.45 bits per heavy atom. The van der Waals surface area contributed by atoms with Gasteiger partial charge in [-0.05, 0) is 55.1 Å². The molecule has 4 nitrogen and oxygen atoms in total. The van der Waals surface area contributed by atoms with Gasteiger partial charge in [0.1, 0.15) is 11.6 Å². The predicted octanol–water partition coefficient (Wildman–Crippen LogP) is 5.88. The van der Waals surface area contributed by atoms with Gasteiger partial charge in [-0.1, -0.05) is 41.3 Å². The molecule has 0 aliphatic heterocycles. The maximum atomic E-state index is 10.0. The Balaban J connectivity index is 0.000000299. The van der Waals surface area contributed by atoms with Crippen LogP contribution in [-0.2, 0) is 42.5 Å². The van der Waals surface area contributed by atoms with Crippen LogP contribution in [0, 0.1) is 6.07 Å². The minimum absolute atomic E-state index is 0. The number of carbonyl (C=O) groups excluding carboxylic acids is 2. The Hall–Kier alpha value is -2.62. The van der Waals surface area contributed by atoms with Crippen molar-refractivity contribution in [2.24, 2.45) is 0 Å². The number of carbonyl (C=O) groups is 2. The van der Waals surface area contributed by atoms with Gasteiger partial charge in [0.2, 0.25) is 0 Å². The second-order valence-corrected chi connectivity index (χ2v) is 7.80. The molecule has 2 heterocycles. The zero-order valence-corrected chi connectivity index (χ0v) is 20.1. The van der Waals surface area contributed by atoms with Crippen molar-refractivity contribution in [1.29, 1.82) is 0 Å². The molecule has 0 spiro atoms. The van der Waals surface area contributed by atoms with Crippen LogP contribution in [0.5, 0.6) is 0 Å². The first kappa shape index (κ1) is 23.1. The number of benzene rings is 2. The summed E-state index contributed by atoms with van der Waals surface area (Å²) in [5.74, 6) is 1.04. The number of ketones is 2. The van der Waals surface area contributed by atoms with E-state index in [1.807, 2.05) is 18.3 Å². The molecule has 0 fully saturated rings. The Labute approximate surface area is 195 Å². The molecule has 1 radical (unpaired) electrons. The van der Waals surface area contributed by atoms with Gasteiger partial charge < -0.3 is 9.40 Å². The maximum Gasteiger partial charge on any atom is 0.137 e. The van der Waals surface area contributed by atoms with Crippen molar-refractivity contribution in [2.45, 2.75) is 46.0 Å². The Bertz CT molecular complexity index is 1230. The van der Waals surface area contributed by atoms with Crippen LogP contribution in [0.15, 0.2) is 53.1 Å². The second kappa shape index (κ2) is 10.1. The summed E-state index contributed by atoms with van der Waals surface area (Å²) < 4.78 is 6.22. The van der Waals surface area contributed by atoms with E-state index in [1.54, 1.807) is 0 Å². The SMILES string of the molecule is CC(=O)CC(C)=O.[Ir].[c-]1ccc2c3c(oc2c1-c1cc2ccccc2cn1)CCCC3. The van der Waals surface area contributed by atoms with Crippen molar-refractivity contribution in [1.82, 2.24) is 4.98 Å². The van der Waals surface area contributed by atoms with E-state index < -0.39 is 0 Å². The molecule has 1 aliphatic carbocycles. The summed E-state index contributed by atoms with van der Waals surface area (Å²) in [7, 11) is 0. The third-order valence-electron chi connectivity index (χ3n) is 5.30. The van der Waals surface area contributed by atoms with E-state index >= 15 is 0 Å². The van der Waals surface area contributed by atoms with Gasteiger partial charge >= 0.3 is 0 Å². The Kier molecular flexibility index (Phi) is 7.53. The van der Waals surface area contributed by atoms with Gasteiger partial charge in [0.15, 0.2) is 0 Å². The van der Waals surface area contributed by atoms with Gasteiger partial charge in [0, 0.05) is 32.7 Å². The van der Waals surface area contributed by atoms with Gasteiger partial charge in [-0.3, -0.25) is 9.59 Å². The Morgan fingerprint density at radius 1 is 1.03 bits per heavy atom. The number of pyridine rings is 1. The third kappa shape index (κ3) is 5.17. The molecule has 1 aliphatic rings. The van der Waals surface area contributed by atoms with Crippen molar-refractivity contribution >= 4 is 33.3 Å². The smallest absolute Gasteiger partial charge is 0.137 e. The van der Waals surface area contributed by atoms with E-state index in [-0.39, 0.29) is 38.1 Å². The van der Waals surface area contributed by atoms with Crippen LogP contribution in [0.25, 0.3) is 33.0 Å². The van der Waals surface area contributed by atoms with Crippen LogP contribution in [0.4, 0.5) is 0 Å². The summed E-state index contributed by atoms with van der Waals surface area (Å²) in [5.41, 5.74) is 4.24. The van der Waals surface area contributed by atoms with Crippen LogP contribution in [0.3, 0.4) is 0 Å². The number of Topliss-reactive ketones (excluding diaryl/α,β-unsaturated/α-hetero) is 2. The summed E-state index contributed by atoms with van der Waals surface area (Å²) in [6.45, 7) is 2.81. The fourth-order valence-corrected chi connectivity index (χ4v) is 3.99. The molecule has 4 aromatic rings. The largest absolute Gasteiger partial charge is 0.505 e. The monoisotopic (exact) mass is 591 g/mol. The molecule has 5 heteroatoms. The van der Waals surface area contributed by atoms with E-state index in [2.05, 4.69) is 41.4 Å². The molecule has 161 valence electrons. The maximum absolute atomic E-state index is 10.0. The zero-order chi connectivity index (χ0) is 21.1. The topological polar surface area (TPSA) is 60.2 Å². The van der Waals surface area contributed by atoms with E-state index in [0.717, 1.165) is 40.8 Å². The zero-order valence-electron chi connectivity index (χ0n) is 17.7. The molecular formula is C26H24IrNO3-. The molecule has 5 rings (SSSR count). The van der Waals surface area contributed by atoms with Crippen LogP contribution in [0.2, 0.25) is 0 Å². The van der Waals surface area contributed by atoms with Crippen molar-refractivity contribution in [3.8, 4) is 11.3 Å². The number of aromatic nitrogens is 1. The molecule has 2 aromatic heterocycles. The molecule has 0 bridgehead atoms. The minimum atomic E-state index is -0.0625. The van der Waals surface area contributed by atoms with Crippen LogP contribution < -0.4 is 0 Å². The summed E-state index contributed by atoms with van der Waals surface area (Å²) in [4.78, 5) is 24.7. The number of aryl methyl sites for hydroxylation is 2. The van der Waals surface area contributed by atoms with E-state index in [1.165, 1.54) is 43.0 Å². The summed E-state index contributed by atoms with van der Waals surface area (Å²) >= 11 is 0. The third-order valence-corrected chi connectivity index (χ3v) is 5.30. The average molecular weight is 591 g/mol. The minimum Gasteiger partial charge on any atom is -0.505 e. The standard InChI is InChI=1S/C21H16NO.C5H8O2.Ir/c1-2-7-15-13-22-19(12-14(15)6-1)18-10-5-9-17-16-8-3-4-11-20(16)23-21(17)18;1-4(6)3-5(2)7;/h1-2,5-7,9,12-13H,3-4,8,11H2;3H2,1-2H3;/q-1;;. The first-order valence-corrected chi connectivity index (χ1v) is 10.3. The number of hydrogen-bond donors (Lipinski definition) is 0. The summed E-state index contributed by atoms with van der Waals surface area (Å²) in [6, 6.07) is 17.9. The summed E-state index contributed by atoms with van der Waals surface area (Å²) in [5, 5.41) is 3.59.